The number of aromatic nitrogens is 3. The molecule has 3 aromatic rings. The highest BCUT2D eigenvalue weighted by Crippen LogP contribution is 2.52. The van der Waals surface area contributed by atoms with Gasteiger partial charge in [0.1, 0.15) is 35.3 Å². The summed E-state index contributed by atoms with van der Waals surface area (Å²) in [5, 5.41) is 3.04. The lowest BCUT2D eigenvalue weighted by atomic mass is 9.61. The Balaban J connectivity index is 0.891. The minimum Gasteiger partial charge on any atom is -0.490 e. The van der Waals surface area contributed by atoms with Crippen LogP contribution in [0.15, 0.2) is 43.0 Å². The van der Waals surface area contributed by atoms with E-state index in [0.29, 0.717) is 18.1 Å². The molecule has 3 fully saturated rings. The van der Waals surface area contributed by atoms with E-state index < -0.39 is 11.4 Å². The molecular weight excluding hydrogens is 716 g/mol. The molecule has 1 saturated carbocycles. The van der Waals surface area contributed by atoms with E-state index in [9.17, 15) is 14.0 Å². The molecule has 1 N–H and O–H groups in total. The van der Waals surface area contributed by atoms with E-state index in [1.54, 1.807) is 11.1 Å². The molecule has 13 nitrogen and oxygen atoms in total. The zero-order chi connectivity index (χ0) is 39.8. The minimum absolute atomic E-state index is 0.0482. The highest BCUT2D eigenvalue weighted by atomic mass is 19.1. The lowest BCUT2D eigenvalue weighted by molar-refractivity contribution is -0.0353. The van der Waals surface area contributed by atoms with Gasteiger partial charge in [0.25, 0.3) is 5.91 Å². The monoisotopic (exact) mass is 772 g/mol. The first kappa shape index (κ1) is 39.7. The summed E-state index contributed by atoms with van der Waals surface area (Å²) in [5.41, 5.74) is 1.87. The van der Waals surface area contributed by atoms with Crippen LogP contribution in [0.25, 0.3) is 0 Å². The first-order valence-corrected chi connectivity index (χ1v) is 20.0. The van der Waals surface area contributed by atoms with Crippen LogP contribution in [0.5, 0.6) is 17.2 Å². The molecule has 5 heterocycles. The number of alkyl carbamates (subject to hydrolysis) is 1. The van der Waals surface area contributed by atoms with Crippen molar-refractivity contribution in [2.24, 2.45) is 5.41 Å². The average Bonchev–Trinajstić information content (AvgIpc) is 3.08. The Hall–Kier alpha value is -4.56. The van der Waals surface area contributed by atoms with E-state index in [1.807, 2.05) is 53.8 Å². The van der Waals surface area contributed by atoms with Gasteiger partial charge in [-0.25, -0.2) is 19.2 Å². The zero-order valence-electron chi connectivity index (χ0n) is 33.9. The molecule has 1 aromatic carbocycles. The first-order valence-electron chi connectivity index (χ1n) is 20.0. The molecular formula is C42H57FN8O5. The number of hydrogen-bond acceptors (Lipinski definition) is 11. The molecule has 0 radical (unpaired) electrons. The molecule has 56 heavy (non-hydrogen) atoms. The van der Waals surface area contributed by atoms with E-state index in [0.717, 1.165) is 89.5 Å². The largest absolute Gasteiger partial charge is 0.490 e. The Morgan fingerprint density at radius 1 is 1.04 bits per heavy atom. The maximum absolute atomic E-state index is 14.4. The third-order valence-electron chi connectivity index (χ3n) is 11.3. The van der Waals surface area contributed by atoms with Crippen LogP contribution in [0.1, 0.15) is 89.3 Å². The number of ether oxygens (including phenoxy) is 3. The second kappa shape index (κ2) is 15.8. The summed E-state index contributed by atoms with van der Waals surface area (Å²) in [5.74, 6) is 1.50. The van der Waals surface area contributed by atoms with Gasteiger partial charge in [0, 0.05) is 81.1 Å². The van der Waals surface area contributed by atoms with Gasteiger partial charge < -0.3 is 29.3 Å². The van der Waals surface area contributed by atoms with Crippen LogP contribution in [0.3, 0.4) is 0 Å². The van der Waals surface area contributed by atoms with Gasteiger partial charge in [-0.15, -0.1) is 0 Å². The van der Waals surface area contributed by atoms with Crippen LogP contribution in [-0.4, -0.2) is 117 Å². The highest BCUT2D eigenvalue weighted by molar-refractivity contribution is 5.97. The van der Waals surface area contributed by atoms with Gasteiger partial charge >= 0.3 is 6.09 Å². The molecule has 7 rings (SSSR count). The normalized spacial score (nSPS) is 19.1. The number of rotatable bonds is 13. The smallest absolute Gasteiger partial charge is 0.408 e. The Morgan fingerprint density at radius 3 is 2.50 bits per heavy atom. The molecule has 2 saturated heterocycles. The number of fused-ring (bicyclic) bond motifs is 1. The van der Waals surface area contributed by atoms with Gasteiger partial charge in [-0.2, -0.15) is 0 Å². The van der Waals surface area contributed by atoms with Gasteiger partial charge in [0.05, 0.1) is 17.3 Å². The maximum Gasteiger partial charge on any atom is 0.408 e. The number of likely N-dealkylation sites (tertiary alicyclic amines) is 1. The molecule has 2 aromatic heterocycles. The standard InChI is InChI=1S/C42H57FN8O5/c1-8-51(28(2)3)38(52)31-18-29(43)10-11-34(31)55-36-21-44-27-46-37(36)50-25-42(26-50)19-30(20-42)54-35-12-14-45-33-13-17-48(22-32(33)35)15-9-16-49-23-41(7,24-49)47-39(53)56-40(4,5)6/h10-12,14,18,21,27-28,30H,8-9,13,15-17,19-20,22-26H2,1-7H3,(H,47,53). The molecule has 2 amide bonds. The van der Waals surface area contributed by atoms with Crippen molar-refractivity contribution < 1.29 is 28.2 Å². The van der Waals surface area contributed by atoms with Crippen molar-refractivity contribution in [3.05, 3.63) is 65.6 Å². The fraction of sp³-hybridized carbons (Fsp3) is 0.595. The second-order valence-electron chi connectivity index (χ2n) is 17.7. The summed E-state index contributed by atoms with van der Waals surface area (Å²) >= 11 is 0. The van der Waals surface area contributed by atoms with Crippen molar-refractivity contribution in [3.8, 4) is 17.2 Å². The highest BCUT2D eigenvalue weighted by Gasteiger charge is 2.54. The van der Waals surface area contributed by atoms with Crippen LogP contribution in [0.2, 0.25) is 0 Å². The lowest BCUT2D eigenvalue weighted by Gasteiger charge is -2.59. The average molecular weight is 773 g/mol. The second-order valence-corrected chi connectivity index (χ2v) is 17.7. The molecule has 14 heteroatoms. The third kappa shape index (κ3) is 8.86. The molecule has 4 aliphatic rings. The molecule has 0 atom stereocenters. The van der Waals surface area contributed by atoms with Crippen molar-refractivity contribution in [3.63, 3.8) is 0 Å². The number of anilines is 1. The fourth-order valence-corrected chi connectivity index (χ4v) is 8.75. The van der Waals surface area contributed by atoms with Gasteiger partial charge in [0.2, 0.25) is 0 Å². The number of benzene rings is 1. The van der Waals surface area contributed by atoms with Gasteiger partial charge in [-0.3, -0.25) is 19.6 Å². The van der Waals surface area contributed by atoms with Crippen molar-refractivity contribution in [1.82, 2.24) is 35.0 Å². The van der Waals surface area contributed by atoms with Crippen LogP contribution in [-0.2, 0) is 17.7 Å². The van der Waals surface area contributed by atoms with Crippen molar-refractivity contribution in [2.45, 2.75) is 104 Å². The Labute approximate surface area is 329 Å². The Kier molecular flexibility index (Phi) is 11.2. The van der Waals surface area contributed by atoms with Crippen LogP contribution < -0.4 is 19.7 Å². The summed E-state index contributed by atoms with van der Waals surface area (Å²) in [6.45, 7) is 21.0. The molecule has 302 valence electrons. The first-order chi connectivity index (χ1) is 26.6. The number of hydrogen-bond donors (Lipinski definition) is 1. The van der Waals surface area contributed by atoms with Gasteiger partial charge in [-0.05, 0) is 105 Å². The number of carbonyl (C=O) groups is 2. The van der Waals surface area contributed by atoms with Crippen LogP contribution in [0.4, 0.5) is 15.0 Å². The van der Waals surface area contributed by atoms with E-state index in [1.165, 1.54) is 30.1 Å². The van der Waals surface area contributed by atoms with E-state index in [-0.39, 0.29) is 46.4 Å². The molecule has 0 bridgehead atoms. The minimum atomic E-state index is -0.508. The summed E-state index contributed by atoms with van der Waals surface area (Å²) in [6, 6.07) is 5.99. The molecule has 1 aliphatic carbocycles. The van der Waals surface area contributed by atoms with Gasteiger partial charge in [0.15, 0.2) is 11.6 Å². The number of halogens is 1. The number of amides is 2. The molecule has 3 aliphatic heterocycles. The van der Waals surface area contributed by atoms with E-state index in [4.69, 9.17) is 19.2 Å². The number of nitrogens with one attached hydrogen (secondary N) is 1. The lowest BCUT2D eigenvalue weighted by Crippen LogP contribution is -2.68. The van der Waals surface area contributed by atoms with Crippen LogP contribution >= 0.6 is 0 Å². The summed E-state index contributed by atoms with van der Waals surface area (Å²) in [4.78, 5) is 47.9. The quantitative estimate of drug-likeness (QED) is 0.218. The van der Waals surface area contributed by atoms with Crippen LogP contribution in [0, 0.1) is 11.2 Å². The molecule has 1 spiro atoms. The Bertz CT molecular complexity index is 1900. The van der Waals surface area contributed by atoms with Crippen molar-refractivity contribution >= 4 is 17.8 Å². The number of pyridine rings is 1. The summed E-state index contributed by atoms with van der Waals surface area (Å²) in [6.07, 6.45) is 8.59. The Morgan fingerprint density at radius 2 is 1.79 bits per heavy atom. The summed E-state index contributed by atoms with van der Waals surface area (Å²) < 4.78 is 32.7. The van der Waals surface area contributed by atoms with E-state index in [2.05, 4.69) is 36.9 Å². The third-order valence-corrected chi connectivity index (χ3v) is 11.3. The topological polar surface area (TPSA) is 125 Å². The predicted molar refractivity (Wildman–Crippen MR) is 211 cm³/mol. The zero-order valence-corrected chi connectivity index (χ0v) is 33.9. The fourth-order valence-electron chi connectivity index (χ4n) is 8.75. The summed E-state index contributed by atoms with van der Waals surface area (Å²) in [7, 11) is 0. The van der Waals surface area contributed by atoms with Gasteiger partial charge in [-0.1, -0.05) is 0 Å². The van der Waals surface area contributed by atoms with Crippen molar-refractivity contribution in [2.75, 3.05) is 57.3 Å². The predicted octanol–water partition coefficient (Wildman–Crippen LogP) is 6.07. The number of carbonyl (C=O) groups excluding carboxylic acids is 2. The number of nitrogens with zero attached hydrogens (tertiary/aromatic N) is 7. The maximum atomic E-state index is 14.4. The van der Waals surface area contributed by atoms with E-state index >= 15 is 0 Å². The molecule has 0 unspecified atom stereocenters. The SMILES string of the molecule is CCN(C(=O)c1cc(F)ccc1Oc1cncnc1N1CC2(CC(Oc3ccnc4c3CN(CCCN3CC(C)(NC(=O)OC(C)(C)C)C3)CC4)C2)C1)C(C)C. The van der Waals surface area contributed by atoms with Crippen molar-refractivity contribution in [1.29, 1.82) is 0 Å².